The van der Waals surface area contributed by atoms with E-state index in [1.54, 1.807) is 18.3 Å². The Morgan fingerprint density at radius 2 is 2.24 bits per heavy atom. The van der Waals surface area contributed by atoms with Gasteiger partial charge in [0.1, 0.15) is 11.3 Å². The zero-order chi connectivity index (χ0) is 15.2. The number of rotatable bonds is 6. The van der Waals surface area contributed by atoms with Gasteiger partial charge in [0.2, 0.25) is 0 Å². The van der Waals surface area contributed by atoms with Gasteiger partial charge in [0.25, 0.3) is 5.91 Å². The van der Waals surface area contributed by atoms with E-state index < -0.39 is 0 Å². The number of amides is 1. The average Bonchev–Trinajstić information content (AvgIpc) is 2.52. The monoisotopic (exact) mass is 307 g/mol. The molecule has 0 fully saturated rings. The summed E-state index contributed by atoms with van der Waals surface area (Å²) >= 11 is 6.11. The molecule has 5 nitrogen and oxygen atoms in total. The van der Waals surface area contributed by atoms with Crippen molar-refractivity contribution in [2.75, 3.05) is 20.2 Å². The maximum absolute atomic E-state index is 11.7. The summed E-state index contributed by atoms with van der Waals surface area (Å²) < 4.78 is 5.55. The zero-order valence-corrected chi connectivity index (χ0v) is 12.8. The van der Waals surface area contributed by atoms with E-state index in [2.05, 4.69) is 15.6 Å². The summed E-state index contributed by atoms with van der Waals surface area (Å²) in [5.41, 5.74) is 0.654. The number of hydrogen-bond donors (Lipinski definition) is 2. The smallest absolute Gasteiger partial charge is 0.257 e. The Balaban J connectivity index is 2.01. The first-order chi connectivity index (χ1) is 10.1. The lowest BCUT2D eigenvalue weighted by Gasteiger charge is -2.12. The van der Waals surface area contributed by atoms with Crippen LogP contribution in [0.25, 0.3) is 10.9 Å². The molecule has 2 aromatic rings. The van der Waals surface area contributed by atoms with E-state index in [-0.39, 0.29) is 18.6 Å². The molecule has 112 valence electrons. The van der Waals surface area contributed by atoms with Crippen molar-refractivity contribution in [3.8, 4) is 5.75 Å². The third kappa shape index (κ3) is 4.06. The summed E-state index contributed by atoms with van der Waals surface area (Å²) in [5, 5.41) is 7.25. The number of pyridine rings is 1. The predicted molar refractivity (Wildman–Crippen MR) is 83.8 cm³/mol. The van der Waals surface area contributed by atoms with E-state index in [9.17, 15) is 4.79 Å². The highest BCUT2D eigenvalue weighted by atomic mass is 35.5. The number of ether oxygens (including phenoxy) is 1. The standard InChI is InChI=1S/C15H18ClN3O2/c1-10(17-2)8-19-14(20)9-21-13-6-5-12(16)11-4-3-7-18-15(11)13/h3-7,10,17H,8-9H2,1-2H3,(H,19,20). The number of carbonyl (C=O) groups excluding carboxylic acids is 1. The van der Waals surface area contributed by atoms with Gasteiger partial charge >= 0.3 is 0 Å². The zero-order valence-electron chi connectivity index (χ0n) is 12.0. The van der Waals surface area contributed by atoms with E-state index in [0.717, 1.165) is 5.39 Å². The predicted octanol–water partition coefficient (Wildman–Crippen LogP) is 1.99. The van der Waals surface area contributed by atoms with Gasteiger partial charge in [0, 0.05) is 24.2 Å². The first-order valence-electron chi connectivity index (χ1n) is 6.72. The number of carbonyl (C=O) groups is 1. The second-order valence-electron chi connectivity index (χ2n) is 4.73. The van der Waals surface area contributed by atoms with E-state index in [4.69, 9.17) is 16.3 Å². The van der Waals surface area contributed by atoms with Crippen LogP contribution in [-0.2, 0) is 4.79 Å². The summed E-state index contributed by atoms with van der Waals surface area (Å²) in [6.45, 7) is 2.49. The Labute approximate surface area is 128 Å². The van der Waals surface area contributed by atoms with Gasteiger partial charge in [-0.2, -0.15) is 0 Å². The van der Waals surface area contributed by atoms with Crippen LogP contribution in [0, 0.1) is 0 Å². The SMILES string of the molecule is CNC(C)CNC(=O)COc1ccc(Cl)c2cccnc12. The van der Waals surface area contributed by atoms with Crippen molar-refractivity contribution >= 4 is 28.4 Å². The molecule has 0 saturated carbocycles. The lowest BCUT2D eigenvalue weighted by atomic mass is 10.2. The molecule has 1 aromatic heterocycles. The molecule has 2 rings (SSSR count). The summed E-state index contributed by atoms with van der Waals surface area (Å²) in [5.74, 6) is 0.378. The molecular weight excluding hydrogens is 290 g/mol. The van der Waals surface area contributed by atoms with Gasteiger partial charge < -0.3 is 15.4 Å². The van der Waals surface area contributed by atoms with Gasteiger partial charge in [0.15, 0.2) is 6.61 Å². The van der Waals surface area contributed by atoms with Crippen LogP contribution in [0.1, 0.15) is 6.92 Å². The summed E-state index contributed by atoms with van der Waals surface area (Å²) in [6, 6.07) is 7.35. The molecule has 0 spiro atoms. The molecule has 0 aliphatic carbocycles. The summed E-state index contributed by atoms with van der Waals surface area (Å²) in [4.78, 5) is 16.0. The van der Waals surface area contributed by atoms with Crippen LogP contribution >= 0.6 is 11.6 Å². The number of nitrogens with zero attached hydrogens (tertiary/aromatic N) is 1. The number of halogens is 1. The van der Waals surface area contributed by atoms with Crippen molar-refractivity contribution in [2.24, 2.45) is 0 Å². The third-order valence-corrected chi connectivity index (χ3v) is 3.47. The molecule has 1 heterocycles. The first-order valence-corrected chi connectivity index (χ1v) is 7.09. The van der Waals surface area contributed by atoms with Crippen molar-refractivity contribution in [1.29, 1.82) is 0 Å². The van der Waals surface area contributed by atoms with Gasteiger partial charge in [-0.05, 0) is 38.2 Å². The highest BCUT2D eigenvalue weighted by Crippen LogP contribution is 2.29. The van der Waals surface area contributed by atoms with Gasteiger partial charge in [-0.25, -0.2) is 0 Å². The first kappa shape index (κ1) is 15.5. The van der Waals surface area contributed by atoms with Crippen LogP contribution < -0.4 is 15.4 Å². The van der Waals surface area contributed by atoms with E-state index in [1.807, 2.05) is 26.1 Å². The van der Waals surface area contributed by atoms with Gasteiger partial charge in [-0.1, -0.05) is 11.6 Å². The number of likely N-dealkylation sites (N-methyl/N-ethyl adjacent to an activating group) is 1. The molecule has 1 amide bonds. The second-order valence-corrected chi connectivity index (χ2v) is 5.13. The molecular formula is C15H18ClN3O2. The van der Waals surface area contributed by atoms with E-state index in [1.165, 1.54) is 0 Å². The Morgan fingerprint density at radius 3 is 3.00 bits per heavy atom. The van der Waals surface area contributed by atoms with Crippen molar-refractivity contribution in [2.45, 2.75) is 13.0 Å². The van der Waals surface area contributed by atoms with Gasteiger partial charge in [0.05, 0.1) is 5.02 Å². The Hall–Kier alpha value is -1.85. The van der Waals surface area contributed by atoms with E-state index in [0.29, 0.717) is 22.8 Å². The highest BCUT2D eigenvalue weighted by molar-refractivity contribution is 6.35. The van der Waals surface area contributed by atoms with Crippen LogP contribution in [0.4, 0.5) is 0 Å². The molecule has 0 aliphatic rings. The lowest BCUT2D eigenvalue weighted by molar-refractivity contribution is -0.123. The van der Waals surface area contributed by atoms with Crippen LogP contribution in [0.5, 0.6) is 5.75 Å². The molecule has 2 N–H and O–H groups in total. The quantitative estimate of drug-likeness (QED) is 0.857. The fraction of sp³-hybridized carbons (Fsp3) is 0.333. The Kier molecular flexibility index (Phi) is 5.36. The van der Waals surface area contributed by atoms with Crippen molar-refractivity contribution in [3.63, 3.8) is 0 Å². The molecule has 1 unspecified atom stereocenters. The van der Waals surface area contributed by atoms with Crippen LogP contribution in [0.3, 0.4) is 0 Å². The average molecular weight is 308 g/mol. The number of fused-ring (bicyclic) bond motifs is 1. The fourth-order valence-electron chi connectivity index (χ4n) is 1.79. The number of nitrogens with one attached hydrogen (secondary N) is 2. The summed E-state index contributed by atoms with van der Waals surface area (Å²) in [6.07, 6.45) is 1.67. The molecule has 6 heteroatoms. The van der Waals surface area contributed by atoms with Crippen molar-refractivity contribution in [1.82, 2.24) is 15.6 Å². The van der Waals surface area contributed by atoms with Gasteiger partial charge in [-0.15, -0.1) is 0 Å². The molecule has 0 radical (unpaired) electrons. The Bertz CT molecular complexity index is 633. The van der Waals surface area contributed by atoms with Crippen LogP contribution in [-0.4, -0.2) is 37.1 Å². The maximum atomic E-state index is 11.7. The highest BCUT2D eigenvalue weighted by Gasteiger charge is 2.09. The largest absolute Gasteiger partial charge is 0.481 e. The lowest BCUT2D eigenvalue weighted by Crippen LogP contribution is -2.39. The Morgan fingerprint density at radius 1 is 1.43 bits per heavy atom. The van der Waals surface area contributed by atoms with Gasteiger partial charge in [-0.3, -0.25) is 9.78 Å². The summed E-state index contributed by atoms with van der Waals surface area (Å²) in [7, 11) is 1.85. The minimum atomic E-state index is -0.170. The topological polar surface area (TPSA) is 63.2 Å². The van der Waals surface area contributed by atoms with Crippen molar-refractivity contribution < 1.29 is 9.53 Å². The third-order valence-electron chi connectivity index (χ3n) is 3.14. The van der Waals surface area contributed by atoms with Crippen LogP contribution in [0.15, 0.2) is 30.5 Å². The minimum absolute atomic E-state index is 0.0518. The molecule has 21 heavy (non-hydrogen) atoms. The maximum Gasteiger partial charge on any atom is 0.257 e. The van der Waals surface area contributed by atoms with Crippen LogP contribution in [0.2, 0.25) is 5.02 Å². The number of hydrogen-bond acceptors (Lipinski definition) is 4. The number of benzene rings is 1. The molecule has 0 bridgehead atoms. The normalized spacial score (nSPS) is 12.1. The molecule has 0 aliphatic heterocycles. The fourth-order valence-corrected chi connectivity index (χ4v) is 2.01. The number of aromatic nitrogens is 1. The second kappa shape index (κ2) is 7.24. The van der Waals surface area contributed by atoms with E-state index >= 15 is 0 Å². The molecule has 0 saturated heterocycles. The van der Waals surface area contributed by atoms with Crippen molar-refractivity contribution in [3.05, 3.63) is 35.5 Å². The molecule has 1 atom stereocenters. The minimum Gasteiger partial charge on any atom is -0.481 e. The molecule has 1 aromatic carbocycles.